The van der Waals surface area contributed by atoms with E-state index in [9.17, 15) is 0 Å². The van der Waals surface area contributed by atoms with E-state index in [1.54, 1.807) is 0 Å². The largest absolute Gasteiger partial charge is 0.134 e. The van der Waals surface area contributed by atoms with Crippen molar-refractivity contribution in [2.45, 2.75) is 43.7 Å². The molecule has 0 aromatic carbocycles. The highest BCUT2D eigenvalue weighted by atomic mass is 32.2. The molecule has 2 heteroatoms. The summed E-state index contributed by atoms with van der Waals surface area (Å²) in [6.07, 6.45) is 5.50. The monoisotopic (exact) mass is 214 g/mol. The third-order valence-electron chi connectivity index (χ3n) is 1.96. The van der Waals surface area contributed by atoms with Gasteiger partial charge in [-0.3, -0.25) is 0 Å². The Labute approximate surface area is 89.7 Å². The van der Waals surface area contributed by atoms with Crippen molar-refractivity contribution in [1.82, 2.24) is 0 Å². The lowest BCUT2D eigenvalue weighted by atomic mass is 10.2. The van der Waals surface area contributed by atoms with E-state index >= 15 is 0 Å². The molecule has 0 spiro atoms. The normalized spacial score (nSPS) is 10.6. The summed E-state index contributed by atoms with van der Waals surface area (Å²) < 4.78 is 1.48. The van der Waals surface area contributed by atoms with E-state index in [1.807, 2.05) is 23.1 Å². The molecule has 74 valence electrons. The topological polar surface area (TPSA) is 0 Å². The van der Waals surface area contributed by atoms with Crippen molar-refractivity contribution < 1.29 is 0 Å². The van der Waals surface area contributed by atoms with E-state index < -0.39 is 0 Å². The summed E-state index contributed by atoms with van der Waals surface area (Å²) in [5.41, 5.74) is 0. The second-order valence-electron chi connectivity index (χ2n) is 3.27. The fourth-order valence-corrected chi connectivity index (χ4v) is 3.37. The van der Waals surface area contributed by atoms with Crippen molar-refractivity contribution in [2.24, 2.45) is 0 Å². The molecule has 0 amide bonds. The minimum Gasteiger partial charge on any atom is -0.134 e. The summed E-state index contributed by atoms with van der Waals surface area (Å²) >= 11 is 3.92. The van der Waals surface area contributed by atoms with E-state index in [1.165, 1.54) is 40.5 Å². The van der Waals surface area contributed by atoms with Crippen molar-refractivity contribution in [3.8, 4) is 0 Å². The van der Waals surface area contributed by atoms with Gasteiger partial charge < -0.3 is 0 Å². The van der Waals surface area contributed by atoms with Crippen LogP contribution in [0.5, 0.6) is 0 Å². The highest BCUT2D eigenvalue weighted by molar-refractivity contribution is 8.01. The van der Waals surface area contributed by atoms with Gasteiger partial charge in [-0.2, -0.15) is 0 Å². The molecule has 0 saturated heterocycles. The minimum absolute atomic E-state index is 1.29. The molecule has 0 aliphatic rings. The molecule has 0 aliphatic carbocycles. The van der Waals surface area contributed by atoms with Crippen molar-refractivity contribution in [3.05, 3.63) is 17.0 Å². The number of aryl methyl sites for hydroxylation is 1. The highest BCUT2D eigenvalue weighted by Gasteiger charge is 1.96. The smallest absolute Gasteiger partial charge is 0.0601 e. The second kappa shape index (κ2) is 6.50. The zero-order valence-electron chi connectivity index (χ0n) is 8.51. The average Bonchev–Trinajstić information content (AvgIpc) is 2.51. The van der Waals surface area contributed by atoms with Crippen LogP contribution in [0.1, 0.15) is 37.5 Å². The van der Waals surface area contributed by atoms with Crippen LogP contribution in [-0.4, -0.2) is 5.75 Å². The van der Waals surface area contributed by atoms with Crippen molar-refractivity contribution >= 4 is 23.1 Å². The minimum atomic E-state index is 1.29. The van der Waals surface area contributed by atoms with Gasteiger partial charge in [-0.25, -0.2) is 0 Å². The molecular weight excluding hydrogens is 196 g/mol. The maximum Gasteiger partial charge on any atom is 0.0601 e. The molecule has 0 atom stereocenters. The Morgan fingerprint density at radius 1 is 1.23 bits per heavy atom. The number of unbranched alkanes of at least 4 members (excludes halogenated alkanes) is 3. The van der Waals surface area contributed by atoms with Crippen LogP contribution in [-0.2, 0) is 0 Å². The maximum atomic E-state index is 2.26. The first-order valence-electron chi connectivity index (χ1n) is 5.02. The Hall–Kier alpha value is 0.0500. The van der Waals surface area contributed by atoms with Gasteiger partial charge in [-0.05, 0) is 31.2 Å². The van der Waals surface area contributed by atoms with Crippen LogP contribution < -0.4 is 0 Å². The van der Waals surface area contributed by atoms with Crippen LogP contribution in [0.15, 0.2) is 16.3 Å². The lowest BCUT2D eigenvalue weighted by Gasteiger charge is -1.97. The molecule has 1 heterocycles. The van der Waals surface area contributed by atoms with E-state index in [2.05, 4.69) is 26.0 Å². The first-order chi connectivity index (χ1) is 6.33. The molecule has 0 saturated carbocycles. The summed E-state index contributed by atoms with van der Waals surface area (Å²) in [4.78, 5) is 1.43. The molecule has 0 radical (unpaired) electrons. The fraction of sp³-hybridized carbons (Fsp3) is 0.636. The predicted octanol–water partition coefficient (Wildman–Crippen LogP) is 4.73. The summed E-state index contributed by atoms with van der Waals surface area (Å²) in [6.45, 7) is 4.43. The van der Waals surface area contributed by atoms with Gasteiger partial charge in [0.1, 0.15) is 0 Å². The van der Waals surface area contributed by atoms with E-state index in [-0.39, 0.29) is 0 Å². The van der Waals surface area contributed by atoms with E-state index in [0.29, 0.717) is 0 Å². The van der Waals surface area contributed by atoms with Gasteiger partial charge in [0.15, 0.2) is 0 Å². The molecule has 0 bridgehead atoms. The van der Waals surface area contributed by atoms with Crippen molar-refractivity contribution in [2.75, 3.05) is 5.75 Å². The summed E-state index contributed by atoms with van der Waals surface area (Å²) in [5.74, 6) is 1.29. The molecule has 13 heavy (non-hydrogen) atoms. The third-order valence-corrected chi connectivity index (χ3v) is 4.27. The summed E-state index contributed by atoms with van der Waals surface area (Å²) in [5, 5.41) is 0. The number of rotatable bonds is 6. The van der Waals surface area contributed by atoms with Gasteiger partial charge in [-0.1, -0.05) is 26.2 Å². The zero-order chi connectivity index (χ0) is 9.52. The average molecular weight is 214 g/mol. The highest BCUT2D eigenvalue weighted by Crippen LogP contribution is 2.27. The third kappa shape index (κ3) is 4.72. The fourth-order valence-electron chi connectivity index (χ4n) is 1.19. The van der Waals surface area contributed by atoms with Crippen LogP contribution >= 0.6 is 23.1 Å². The number of hydrogen-bond acceptors (Lipinski definition) is 2. The van der Waals surface area contributed by atoms with Gasteiger partial charge in [0, 0.05) is 4.88 Å². The Morgan fingerprint density at radius 3 is 2.69 bits per heavy atom. The standard InChI is InChI=1S/C11H18S2/c1-3-4-5-6-9-12-11-8-7-10(2)13-11/h7-8H,3-6,9H2,1-2H3. The first-order valence-corrected chi connectivity index (χ1v) is 6.82. The molecule has 0 nitrogen and oxygen atoms in total. The summed E-state index contributed by atoms with van der Waals surface area (Å²) in [6, 6.07) is 4.45. The molecular formula is C11H18S2. The van der Waals surface area contributed by atoms with Crippen LogP contribution in [0.3, 0.4) is 0 Å². The second-order valence-corrected chi connectivity index (χ2v) is 5.96. The van der Waals surface area contributed by atoms with Crippen LogP contribution in [0.2, 0.25) is 0 Å². The zero-order valence-corrected chi connectivity index (χ0v) is 10.1. The quantitative estimate of drug-likeness (QED) is 0.487. The lowest BCUT2D eigenvalue weighted by molar-refractivity contribution is 0.706. The van der Waals surface area contributed by atoms with E-state index in [0.717, 1.165) is 0 Å². The predicted molar refractivity (Wildman–Crippen MR) is 63.9 cm³/mol. The molecule has 0 N–H and O–H groups in total. The van der Waals surface area contributed by atoms with Crippen LogP contribution in [0.4, 0.5) is 0 Å². The van der Waals surface area contributed by atoms with E-state index in [4.69, 9.17) is 0 Å². The maximum absolute atomic E-state index is 2.26. The first kappa shape index (κ1) is 11.1. The van der Waals surface area contributed by atoms with Crippen molar-refractivity contribution in [3.63, 3.8) is 0 Å². The SMILES string of the molecule is CCCCCCSc1ccc(C)s1. The van der Waals surface area contributed by atoms with Gasteiger partial charge in [0.05, 0.1) is 4.21 Å². The van der Waals surface area contributed by atoms with Gasteiger partial charge >= 0.3 is 0 Å². The molecule has 0 unspecified atom stereocenters. The van der Waals surface area contributed by atoms with Gasteiger partial charge in [0.25, 0.3) is 0 Å². The van der Waals surface area contributed by atoms with Gasteiger partial charge in [-0.15, -0.1) is 23.1 Å². The Bertz CT molecular complexity index is 228. The molecule has 1 rings (SSSR count). The number of thioether (sulfide) groups is 1. The number of hydrogen-bond donors (Lipinski definition) is 0. The Morgan fingerprint density at radius 2 is 2.08 bits per heavy atom. The van der Waals surface area contributed by atoms with Crippen LogP contribution in [0.25, 0.3) is 0 Å². The van der Waals surface area contributed by atoms with Crippen molar-refractivity contribution in [1.29, 1.82) is 0 Å². The Kier molecular flexibility index (Phi) is 5.56. The number of thiophene rings is 1. The Balaban J connectivity index is 2.06. The lowest BCUT2D eigenvalue weighted by Crippen LogP contribution is -1.78. The molecule has 0 aliphatic heterocycles. The molecule has 1 aromatic rings. The van der Waals surface area contributed by atoms with Gasteiger partial charge in [0.2, 0.25) is 0 Å². The molecule has 0 fully saturated rings. The van der Waals surface area contributed by atoms with Crippen LogP contribution in [0, 0.1) is 6.92 Å². The molecule has 1 aromatic heterocycles. The summed E-state index contributed by atoms with van der Waals surface area (Å²) in [7, 11) is 0.